The minimum absolute atomic E-state index is 0.133. The van der Waals surface area contributed by atoms with Crippen LogP contribution in [0.25, 0.3) is 0 Å². The monoisotopic (exact) mass is 425 g/mol. The quantitative estimate of drug-likeness (QED) is 0.474. The molecule has 0 unspecified atom stereocenters. The van der Waals surface area contributed by atoms with Crippen molar-refractivity contribution in [2.45, 2.75) is 11.8 Å². The number of carbonyl (C=O) groups excluding carboxylic acids is 1. The predicted octanol–water partition coefficient (Wildman–Crippen LogP) is 3.98. The van der Waals surface area contributed by atoms with Gasteiger partial charge in [0.1, 0.15) is 0 Å². The summed E-state index contributed by atoms with van der Waals surface area (Å²) < 4.78 is 26.7. The van der Waals surface area contributed by atoms with Crippen molar-refractivity contribution in [2.24, 2.45) is 0 Å². The van der Waals surface area contributed by atoms with E-state index in [1.54, 1.807) is 30.3 Å². The van der Waals surface area contributed by atoms with Crippen LogP contribution < -0.4 is 9.62 Å². The van der Waals surface area contributed by atoms with E-state index >= 15 is 0 Å². The van der Waals surface area contributed by atoms with Gasteiger partial charge in [0, 0.05) is 30.4 Å². The molecule has 30 heavy (non-hydrogen) atoms. The van der Waals surface area contributed by atoms with Crippen LogP contribution in [0.3, 0.4) is 0 Å². The summed E-state index contributed by atoms with van der Waals surface area (Å²) in [5.41, 5.74) is 1.79. The van der Waals surface area contributed by atoms with Gasteiger partial charge >= 0.3 is 0 Å². The molecule has 0 aliphatic rings. The molecular formula is C21H19N3O5S. The first-order valence-electron chi connectivity index (χ1n) is 8.90. The average Bonchev–Trinajstić information content (AvgIpc) is 2.73. The molecule has 0 aromatic heterocycles. The smallest absolute Gasteiger partial charge is 0.271 e. The molecule has 9 heteroatoms. The van der Waals surface area contributed by atoms with Crippen molar-refractivity contribution >= 4 is 33.0 Å². The number of nitrogens with zero attached hydrogens (tertiary/aromatic N) is 2. The molecule has 0 aliphatic heterocycles. The van der Waals surface area contributed by atoms with Gasteiger partial charge in [-0.3, -0.25) is 19.2 Å². The molecule has 0 saturated heterocycles. The maximum absolute atomic E-state index is 12.8. The topological polar surface area (TPSA) is 110 Å². The zero-order chi connectivity index (χ0) is 21.9. The second-order valence-corrected chi connectivity index (χ2v) is 8.56. The number of hydrogen-bond acceptors (Lipinski definition) is 5. The zero-order valence-corrected chi connectivity index (χ0v) is 17.1. The minimum atomic E-state index is -3.73. The van der Waals surface area contributed by atoms with Crippen LogP contribution in [-0.2, 0) is 10.0 Å². The summed E-state index contributed by atoms with van der Waals surface area (Å²) >= 11 is 0. The van der Waals surface area contributed by atoms with Crippen molar-refractivity contribution in [3.05, 3.63) is 94.0 Å². The third kappa shape index (κ3) is 4.47. The second-order valence-electron chi connectivity index (χ2n) is 6.59. The summed E-state index contributed by atoms with van der Waals surface area (Å²) in [6, 6.07) is 18.2. The molecule has 8 nitrogen and oxygen atoms in total. The Bertz CT molecular complexity index is 1190. The van der Waals surface area contributed by atoms with Crippen molar-refractivity contribution in [3.8, 4) is 0 Å². The van der Waals surface area contributed by atoms with Crippen molar-refractivity contribution in [1.29, 1.82) is 0 Å². The summed E-state index contributed by atoms with van der Waals surface area (Å²) in [7, 11) is -2.30. The fraction of sp³-hybridized carbons (Fsp3) is 0.0952. The lowest BCUT2D eigenvalue weighted by molar-refractivity contribution is -0.384. The van der Waals surface area contributed by atoms with Crippen LogP contribution in [0.2, 0.25) is 0 Å². The van der Waals surface area contributed by atoms with Crippen LogP contribution in [-0.4, -0.2) is 26.3 Å². The molecule has 0 fully saturated rings. The SMILES string of the molecule is Cc1ccc(S(=O)(=O)N(C)c2ccc(C(=O)Nc3cccc([N+](=O)[O-])c3)cc2)cc1. The molecule has 0 radical (unpaired) electrons. The molecule has 0 saturated carbocycles. The Morgan fingerprint density at radius 1 is 1.00 bits per heavy atom. The van der Waals surface area contributed by atoms with Crippen molar-refractivity contribution in [1.82, 2.24) is 0 Å². The lowest BCUT2D eigenvalue weighted by atomic mass is 10.2. The number of carbonyl (C=O) groups is 1. The van der Waals surface area contributed by atoms with Crippen LogP contribution in [0.5, 0.6) is 0 Å². The van der Waals surface area contributed by atoms with Gasteiger partial charge in [-0.2, -0.15) is 0 Å². The van der Waals surface area contributed by atoms with E-state index in [9.17, 15) is 23.3 Å². The van der Waals surface area contributed by atoms with Crippen LogP contribution >= 0.6 is 0 Å². The van der Waals surface area contributed by atoms with Gasteiger partial charge in [-0.05, 0) is 49.4 Å². The molecule has 0 spiro atoms. The zero-order valence-electron chi connectivity index (χ0n) is 16.3. The fourth-order valence-electron chi connectivity index (χ4n) is 2.73. The van der Waals surface area contributed by atoms with Crippen molar-refractivity contribution in [3.63, 3.8) is 0 Å². The van der Waals surface area contributed by atoms with E-state index in [1.807, 2.05) is 6.92 Å². The molecule has 0 heterocycles. The molecule has 154 valence electrons. The highest BCUT2D eigenvalue weighted by atomic mass is 32.2. The third-order valence-corrected chi connectivity index (χ3v) is 6.29. The van der Waals surface area contributed by atoms with Gasteiger partial charge in [0.05, 0.1) is 15.5 Å². The van der Waals surface area contributed by atoms with Crippen LogP contribution in [0, 0.1) is 17.0 Å². The van der Waals surface area contributed by atoms with Crippen LogP contribution in [0.15, 0.2) is 77.7 Å². The largest absolute Gasteiger partial charge is 0.322 e. The summed E-state index contributed by atoms with van der Waals surface area (Å²) in [6.07, 6.45) is 0. The number of nitro benzene ring substituents is 1. The Hall–Kier alpha value is -3.72. The number of nitrogens with one attached hydrogen (secondary N) is 1. The number of benzene rings is 3. The highest BCUT2D eigenvalue weighted by Crippen LogP contribution is 2.23. The van der Waals surface area contributed by atoms with E-state index < -0.39 is 20.9 Å². The predicted molar refractivity (Wildman–Crippen MR) is 114 cm³/mol. The number of non-ortho nitro benzene ring substituents is 1. The molecule has 3 rings (SSSR count). The van der Waals surface area contributed by atoms with Crippen molar-refractivity contribution < 1.29 is 18.1 Å². The number of amides is 1. The lowest BCUT2D eigenvalue weighted by Crippen LogP contribution is -2.26. The molecular weight excluding hydrogens is 406 g/mol. The fourth-order valence-corrected chi connectivity index (χ4v) is 3.93. The number of nitro groups is 1. The summed E-state index contributed by atoms with van der Waals surface area (Å²) in [4.78, 5) is 22.9. The highest BCUT2D eigenvalue weighted by molar-refractivity contribution is 7.92. The van der Waals surface area contributed by atoms with Crippen LogP contribution in [0.1, 0.15) is 15.9 Å². The number of rotatable bonds is 6. The summed E-state index contributed by atoms with van der Waals surface area (Å²) in [6.45, 7) is 1.87. The van der Waals surface area contributed by atoms with Gasteiger partial charge in [-0.25, -0.2) is 8.42 Å². The maximum atomic E-state index is 12.8. The van der Waals surface area contributed by atoms with Crippen LogP contribution in [0.4, 0.5) is 17.1 Å². The second kappa shape index (κ2) is 8.34. The first-order chi connectivity index (χ1) is 14.2. The van der Waals surface area contributed by atoms with E-state index in [4.69, 9.17) is 0 Å². The van der Waals surface area contributed by atoms with Crippen molar-refractivity contribution in [2.75, 3.05) is 16.7 Å². The van der Waals surface area contributed by atoms with E-state index in [-0.39, 0.29) is 21.8 Å². The molecule has 0 bridgehead atoms. The van der Waals surface area contributed by atoms with Gasteiger partial charge in [0.25, 0.3) is 21.6 Å². The Labute approximate surface area is 174 Å². The first kappa shape index (κ1) is 21.0. The lowest BCUT2D eigenvalue weighted by Gasteiger charge is -2.20. The molecule has 3 aromatic carbocycles. The molecule has 1 amide bonds. The molecule has 0 aliphatic carbocycles. The molecule has 1 N–H and O–H groups in total. The normalized spacial score (nSPS) is 11.0. The first-order valence-corrected chi connectivity index (χ1v) is 10.3. The highest BCUT2D eigenvalue weighted by Gasteiger charge is 2.21. The Morgan fingerprint density at radius 2 is 1.63 bits per heavy atom. The standard InChI is InChI=1S/C21H19N3O5S/c1-15-6-12-20(13-7-15)30(28,29)23(2)18-10-8-16(9-11-18)21(25)22-17-4-3-5-19(14-17)24(26)27/h3-14H,1-2H3,(H,22,25). The summed E-state index contributed by atoms with van der Waals surface area (Å²) in [5.74, 6) is -0.467. The van der Waals surface area contributed by atoms with E-state index in [1.165, 1.54) is 49.5 Å². The average molecular weight is 425 g/mol. The Morgan fingerprint density at radius 3 is 2.23 bits per heavy atom. The van der Waals surface area contributed by atoms with E-state index in [0.717, 1.165) is 9.87 Å². The minimum Gasteiger partial charge on any atom is -0.322 e. The number of anilines is 2. The number of aryl methyl sites for hydroxylation is 1. The van der Waals surface area contributed by atoms with Gasteiger partial charge in [-0.15, -0.1) is 0 Å². The van der Waals surface area contributed by atoms with Gasteiger partial charge in [0.2, 0.25) is 0 Å². The molecule has 3 aromatic rings. The van der Waals surface area contributed by atoms with Gasteiger partial charge in [0.15, 0.2) is 0 Å². The maximum Gasteiger partial charge on any atom is 0.271 e. The van der Waals surface area contributed by atoms with Gasteiger partial charge < -0.3 is 5.32 Å². The number of sulfonamides is 1. The Balaban J connectivity index is 1.77. The van der Waals surface area contributed by atoms with Gasteiger partial charge in [-0.1, -0.05) is 23.8 Å². The summed E-state index contributed by atoms with van der Waals surface area (Å²) in [5, 5.41) is 13.4. The number of hydrogen-bond donors (Lipinski definition) is 1. The molecule has 0 atom stereocenters. The third-order valence-electron chi connectivity index (χ3n) is 4.49. The van der Waals surface area contributed by atoms with E-state index in [0.29, 0.717) is 5.69 Å². The van der Waals surface area contributed by atoms with E-state index in [2.05, 4.69) is 5.32 Å². The Kier molecular flexibility index (Phi) is 5.84.